The van der Waals surface area contributed by atoms with Gasteiger partial charge in [0.1, 0.15) is 5.75 Å². The molecule has 1 aromatic carbocycles. The highest BCUT2D eigenvalue weighted by Crippen LogP contribution is 2.17. The number of amides is 1. The fraction of sp³-hybridized carbons (Fsp3) is 0.500. The van der Waals surface area contributed by atoms with Gasteiger partial charge in [-0.25, -0.2) is 0 Å². The van der Waals surface area contributed by atoms with Crippen LogP contribution in [-0.2, 0) is 16.1 Å². The molecular weight excluding hydrogens is 244 g/mol. The maximum atomic E-state index is 12.0. The van der Waals surface area contributed by atoms with Crippen LogP contribution >= 0.6 is 0 Å². The van der Waals surface area contributed by atoms with Crippen molar-refractivity contribution in [2.45, 2.75) is 13.0 Å². The highest BCUT2D eigenvalue weighted by molar-refractivity contribution is 5.77. The first-order valence-corrected chi connectivity index (χ1v) is 6.57. The highest BCUT2D eigenvalue weighted by Gasteiger charge is 2.16. The molecule has 0 spiro atoms. The van der Waals surface area contributed by atoms with Gasteiger partial charge in [0.05, 0.1) is 6.61 Å². The largest absolute Gasteiger partial charge is 0.483 e. The third-order valence-electron chi connectivity index (χ3n) is 3.12. The molecule has 1 saturated heterocycles. The van der Waals surface area contributed by atoms with Gasteiger partial charge in [-0.15, -0.1) is 0 Å². The summed E-state index contributed by atoms with van der Waals surface area (Å²) in [6.07, 6.45) is 0.880. The number of carbonyl (C=O) groups is 1. The third kappa shape index (κ3) is 3.94. The van der Waals surface area contributed by atoms with Crippen molar-refractivity contribution >= 4 is 5.91 Å². The van der Waals surface area contributed by atoms with Crippen LogP contribution in [0, 0.1) is 0 Å². The van der Waals surface area contributed by atoms with Crippen LogP contribution in [0.3, 0.4) is 0 Å². The molecule has 104 valence electrons. The van der Waals surface area contributed by atoms with Gasteiger partial charge in [-0.1, -0.05) is 18.2 Å². The summed E-state index contributed by atoms with van der Waals surface area (Å²) < 4.78 is 10.9. The first kappa shape index (κ1) is 13.8. The van der Waals surface area contributed by atoms with Crippen molar-refractivity contribution in [3.8, 4) is 5.75 Å². The molecule has 1 aliphatic heterocycles. The molecule has 0 bridgehead atoms. The van der Waals surface area contributed by atoms with Gasteiger partial charge in [-0.3, -0.25) is 4.79 Å². The number of hydrogen-bond acceptors (Lipinski definition) is 4. The Hall–Kier alpha value is -1.59. The summed E-state index contributed by atoms with van der Waals surface area (Å²) in [7, 11) is 0. The van der Waals surface area contributed by atoms with Crippen molar-refractivity contribution in [1.82, 2.24) is 4.90 Å². The van der Waals surface area contributed by atoms with E-state index >= 15 is 0 Å². The Labute approximate surface area is 113 Å². The van der Waals surface area contributed by atoms with Crippen molar-refractivity contribution in [3.05, 3.63) is 29.8 Å². The summed E-state index contributed by atoms with van der Waals surface area (Å²) in [6.45, 7) is 3.16. The lowest BCUT2D eigenvalue weighted by Crippen LogP contribution is -2.36. The normalized spacial score (nSPS) is 15.9. The number of nitrogens with two attached hydrogens (primary N) is 1. The fourth-order valence-electron chi connectivity index (χ4n) is 2.04. The third-order valence-corrected chi connectivity index (χ3v) is 3.12. The summed E-state index contributed by atoms with van der Waals surface area (Å²) in [6, 6.07) is 7.52. The van der Waals surface area contributed by atoms with Crippen LogP contribution in [0.4, 0.5) is 0 Å². The monoisotopic (exact) mass is 264 g/mol. The Kier molecular flexibility index (Phi) is 5.18. The Bertz CT molecular complexity index is 415. The van der Waals surface area contributed by atoms with Crippen molar-refractivity contribution in [2.75, 3.05) is 32.9 Å². The number of rotatable bonds is 4. The van der Waals surface area contributed by atoms with E-state index in [2.05, 4.69) is 0 Å². The Morgan fingerprint density at radius 2 is 2.16 bits per heavy atom. The van der Waals surface area contributed by atoms with Gasteiger partial charge >= 0.3 is 0 Å². The van der Waals surface area contributed by atoms with Gasteiger partial charge in [-0.2, -0.15) is 0 Å². The molecule has 5 nitrogen and oxygen atoms in total. The summed E-state index contributed by atoms with van der Waals surface area (Å²) in [5.74, 6) is 0.682. The van der Waals surface area contributed by atoms with Gasteiger partial charge in [0, 0.05) is 31.8 Å². The highest BCUT2D eigenvalue weighted by atomic mass is 16.5. The number of para-hydroxylation sites is 1. The van der Waals surface area contributed by atoms with Gasteiger partial charge < -0.3 is 20.1 Å². The zero-order valence-corrected chi connectivity index (χ0v) is 11.0. The summed E-state index contributed by atoms with van der Waals surface area (Å²) >= 11 is 0. The first-order valence-electron chi connectivity index (χ1n) is 6.57. The number of benzene rings is 1. The predicted molar refractivity (Wildman–Crippen MR) is 71.8 cm³/mol. The average Bonchev–Trinajstić information content (AvgIpc) is 2.74. The van der Waals surface area contributed by atoms with E-state index in [4.69, 9.17) is 15.2 Å². The molecule has 1 aliphatic rings. The minimum Gasteiger partial charge on any atom is -0.483 e. The van der Waals surface area contributed by atoms with E-state index in [-0.39, 0.29) is 12.5 Å². The topological polar surface area (TPSA) is 64.8 Å². The molecule has 2 rings (SSSR count). The van der Waals surface area contributed by atoms with Gasteiger partial charge in [0.15, 0.2) is 6.61 Å². The molecule has 1 fully saturated rings. The molecule has 19 heavy (non-hydrogen) atoms. The van der Waals surface area contributed by atoms with Crippen molar-refractivity contribution < 1.29 is 14.3 Å². The predicted octanol–water partition coefficient (Wildman–Crippen LogP) is 0.773. The molecule has 0 radical (unpaired) electrons. The molecular formula is C14H20N2O3. The van der Waals surface area contributed by atoms with E-state index < -0.39 is 0 Å². The van der Waals surface area contributed by atoms with E-state index in [1.807, 2.05) is 24.3 Å². The maximum Gasteiger partial charge on any atom is 0.260 e. The summed E-state index contributed by atoms with van der Waals surface area (Å²) in [5.41, 5.74) is 6.54. The van der Waals surface area contributed by atoms with E-state index in [1.54, 1.807) is 4.90 Å². The number of nitrogens with zero attached hydrogens (tertiary/aromatic N) is 1. The van der Waals surface area contributed by atoms with E-state index in [1.165, 1.54) is 0 Å². The lowest BCUT2D eigenvalue weighted by molar-refractivity contribution is -0.133. The van der Waals surface area contributed by atoms with Crippen LogP contribution < -0.4 is 10.5 Å². The molecule has 0 unspecified atom stereocenters. The molecule has 1 aromatic rings. The molecule has 5 heteroatoms. The van der Waals surface area contributed by atoms with Crippen LogP contribution in [0.2, 0.25) is 0 Å². The minimum atomic E-state index is -0.00248. The number of carbonyl (C=O) groups excluding carboxylic acids is 1. The molecule has 0 saturated carbocycles. The van der Waals surface area contributed by atoms with E-state index in [0.29, 0.717) is 25.4 Å². The fourth-order valence-corrected chi connectivity index (χ4v) is 2.04. The van der Waals surface area contributed by atoms with Crippen molar-refractivity contribution in [1.29, 1.82) is 0 Å². The minimum absolute atomic E-state index is 0.00248. The van der Waals surface area contributed by atoms with Crippen molar-refractivity contribution in [2.24, 2.45) is 5.73 Å². The number of hydrogen-bond donors (Lipinski definition) is 1. The zero-order chi connectivity index (χ0) is 13.5. The first-order chi connectivity index (χ1) is 9.31. The summed E-state index contributed by atoms with van der Waals surface area (Å²) in [5, 5.41) is 0. The Balaban J connectivity index is 1.88. The zero-order valence-electron chi connectivity index (χ0n) is 11.0. The number of ether oxygens (including phenoxy) is 2. The molecule has 0 aromatic heterocycles. The molecule has 2 N–H and O–H groups in total. The SMILES string of the molecule is NCc1ccccc1OCC(=O)N1CCCOCC1. The lowest BCUT2D eigenvalue weighted by atomic mass is 10.2. The standard InChI is InChI=1S/C14H20N2O3/c15-10-12-4-1-2-5-13(12)19-11-14(17)16-6-3-8-18-9-7-16/h1-2,4-5H,3,6-11,15H2. The molecule has 1 heterocycles. The summed E-state index contributed by atoms with van der Waals surface area (Å²) in [4.78, 5) is 13.8. The van der Waals surface area contributed by atoms with Gasteiger partial charge in [0.25, 0.3) is 5.91 Å². The quantitative estimate of drug-likeness (QED) is 0.872. The average molecular weight is 264 g/mol. The van der Waals surface area contributed by atoms with Crippen LogP contribution in [0.25, 0.3) is 0 Å². The molecule has 1 amide bonds. The second-order valence-electron chi connectivity index (χ2n) is 4.45. The van der Waals surface area contributed by atoms with Crippen molar-refractivity contribution in [3.63, 3.8) is 0 Å². The van der Waals surface area contributed by atoms with E-state index in [9.17, 15) is 4.79 Å². The van der Waals surface area contributed by atoms with Crippen LogP contribution in [0.15, 0.2) is 24.3 Å². The van der Waals surface area contributed by atoms with Crippen LogP contribution in [0.1, 0.15) is 12.0 Å². The van der Waals surface area contributed by atoms with Crippen LogP contribution in [-0.4, -0.2) is 43.7 Å². The van der Waals surface area contributed by atoms with E-state index in [0.717, 1.165) is 25.1 Å². The van der Waals surface area contributed by atoms with Gasteiger partial charge in [0.2, 0.25) is 0 Å². The lowest BCUT2D eigenvalue weighted by Gasteiger charge is -2.20. The molecule has 0 aliphatic carbocycles. The smallest absolute Gasteiger partial charge is 0.260 e. The Morgan fingerprint density at radius 1 is 1.32 bits per heavy atom. The van der Waals surface area contributed by atoms with Crippen LogP contribution in [0.5, 0.6) is 5.75 Å². The maximum absolute atomic E-state index is 12.0. The second kappa shape index (κ2) is 7.11. The van der Waals surface area contributed by atoms with Gasteiger partial charge in [-0.05, 0) is 12.5 Å². The Morgan fingerprint density at radius 3 is 3.00 bits per heavy atom. The second-order valence-corrected chi connectivity index (χ2v) is 4.45. The molecule has 0 atom stereocenters.